The highest BCUT2D eigenvalue weighted by Gasteiger charge is 2.31. The lowest BCUT2D eigenvalue weighted by Crippen LogP contribution is -2.28. The first-order chi connectivity index (χ1) is 11.7. The van der Waals surface area contributed by atoms with Crippen molar-refractivity contribution in [2.24, 2.45) is 5.73 Å². The van der Waals surface area contributed by atoms with E-state index >= 15 is 0 Å². The predicted octanol–water partition coefficient (Wildman–Crippen LogP) is 2.00. The first-order valence-corrected chi connectivity index (χ1v) is 8.27. The van der Waals surface area contributed by atoms with E-state index in [9.17, 15) is 9.59 Å². The van der Waals surface area contributed by atoms with Crippen molar-refractivity contribution >= 4 is 23.9 Å². The van der Waals surface area contributed by atoms with Gasteiger partial charge in [0.15, 0.2) is 0 Å². The molecular weight excluding hydrogens is 310 g/mol. The van der Waals surface area contributed by atoms with E-state index in [4.69, 9.17) is 15.2 Å². The van der Waals surface area contributed by atoms with Gasteiger partial charge in [-0.25, -0.2) is 4.79 Å². The Labute approximate surface area is 143 Å². The molecule has 0 aromatic heterocycles. The number of carbonyl (C=O) groups excluding carboxylic acids is 2. The summed E-state index contributed by atoms with van der Waals surface area (Å²) in [5, 5.41) is 0. The number of ether oxygens (including phenoxy) is 2. The largest absolute Gasteiger partial charge is 0.443 e. The number of nitrogens with zero attached hydrogens (tertiary/aromatic N) is 2. The topological polar surface area (TPSA) is 85.1 Å². The number of rotatable bonds is 8. The number of hydrogen-bond acceptors (Lipinski definition) is 5. The Morgan fingerprint density at radius 2 is 2.04 bits per heavy atom. The first kappa shape index (κ1) is 19.9. The van der Waals surface area contributed by atoms with E-state index in [-0.39, 0.29) is 6.10 Å². The Bertz CT molecular complexity index is 507. The van der Waals surface area contributed by atoms with E-state index in [2.05, 4.69) is 0 Å². The summed E-state index contributed by atoms with van der Waals surface area (Å²) in [6.45, 7) is 8.23. The van der Waals surface area contributed by atoms with Gasteiger partial charge in [-0.1, -0.05) is 13.8 Å². The van der Waals surface area contributed by atoms with Gasteiger partial charge in [-0.15, -0.1) is 0 Å². The van der Waals surface area contributed by atoms with Crippen molar-refractivity contribution in [2.45, 2.75) is 26.9 Å². The standard InChI is InChI=1S/C15H21N3O4.C2H6/c1-2-21-8-7-17(11-19)12-3-5-13(6-4-12)18-10-14(9-16)22-15(18)20;1-2/h3-6,11,14H,2,7-10,16H2,1H3;1-2H3. The fourth-order valence-electron chi connectivity index (χ4n) is 2.23. The quantitative estimate of drug-likeness (QED) is 0.579. The van der Waals surface area contributed by atoms with Crippen LogP contribution in [0.5, 0.6) is 0 Å². The monoisotopic (exact) mass is 337 g/mol. The molecule has 7 nitrogen and oxygen atoms in total. The van der Waals surface area contributed by atoms with E-state index in [1.54, 1.807) is 29.2 Å². The Hall–Kier alpha value is -2.12. The summed E-state index contributed by atoms with van der Waals surface area (Å²) in [5.74, 6) is 0. The second kappa shape index (κ2) is 10.6. The average molecular weight is 337 g/mol. The molecule has 1 aromatic rings. The molecule has 7 heteroatoms. The van der Waals surface area contributed by atoms with Crippen LogP contribution in [0, 0.1) is 0 Å². The zero-order chi connectivity index (χ0) is 17.9. The second-order valence-corrected chi connectivity index (χ2v) is 4.86. The smallest absolute Gasteiger partial charge is 0.414 e. The van der Waals surface area contributed by atoms with Crippen LogP contribution in [0.25, 0.3) is 0 Å². The minimum Gasteiger partial charge on any atom is -0.443 e. The summed E-state index contributed by atoms with van der Waals surface area (Å²) >= 11 is 0. The number of hydrogen-bond donors (Lipinski definition) is 1. The van der Waals surface area contributed by atoms with Crippen LogP contribution in [-0.4, -0.2) is 51.5 Å². The van der Waals surface area contributed by atoms with Gasteiger partial charge in [-0.3, -0.25) is 9.69 Å². The Morgan fingerprint density at radius 3 is 2.54 bits per heavy atom. The fourth-order valence-corrected chi connectivity index (χ4v) is 2.23. The van der Waals surface area contributed by atoms with Crippen LogP contribution in [0.1, 0.15) is 20.8 Å². The first-order valence-electron chi connectivity index (χ1n) is 8.27. The number of carbonyl (C=O) groups is 2. The highest BCUT2D eigenvalue weighted by atomic mass is 16.6. The summed E-state index contributed by atoms with van der Waals surface area (Å²) in [6, 6.07) is 7.15. The molecule has 0 spiro atoms. The number of benzene rings is 1. The Kier molecular flexibility index (Phi) is 8.81. The molecule has 1 saturated heterocycles. The van der Waals surface area contributed by atoms with Crippen molar-refractivity contribution < 1.29 is 19.1 Å². The molecule has 0 aliphatic carbocycles. The predicted molar refractivity (Wildman–Crippen MR) is 94.4 cm³/mol. The summed E-state index contributed by atoms with van der Waals surface area (Å²) in [7, 11) is 0. The van der Waals surface area contributed by atoms with Crippen molar-refractivity contribution in [1.29, 1.82) is 0 Å². The molecule has 134 valence electrons. The molecule has 0 bridgehead atoms. The van der Waals surface area contributed by atoms with Crippen LogP contribution in [0.2, 0.25) is 0 Å². The van der Waals surface area contributed by atoms with Crippen LogP contribution in [-0.2, 0) is 14.3 Å². The van der Waals surface area contributed by atoms with E-state index in [0.29, 0.717) is 32.8 Å². The minimum absolute atomic E-state index is 0.273. The van der Waals surface area contributed by atoms with Crippen molar-refractivity contribution in [3.8, 4) is 0 Å². The molecule has 0 radical (unpaired) electrons. The molecular formula is C17H27N3O4. The van der Waals surface area contributed by atoms with Crippen LogP contribution in [0.3, 0.4) is 0 Å². The van der Waals surface area contributed by atoms with Crippen molar-refractivity contribution in [3.63, 3.8) is 0 Å². The van der Waals surface area contributed by atoms with Gasteiger partial charge in [0.1, 0.15) is 6.10 Å². The molecule has 2 N–H and O–H groups in total. The summed E-state index contributed by atoms with van der Waals surface area (Å²) < 4.78 is 10.4. The number of anilines is 2. The normalized spacial score (nSPS) is 16.2. The maximum absolute atomic E-state index is 11.8. The molecule has 1 unspecified atom stereocenters. The van der Waals surface area contributed by atoms with Gasteiger partial charge < -0.3 is 20.1 Å². The summed E-state index contributed by atoms with van der Waals surface area (Å²) in [6.07, 6.45) is 0.0967. The molecule has 1 aliphatic rings. The van der Waals surface area contributed by atoms with Crippen LogP contribution < -0.4 is 15.5 Å². The number of cyclic esters (lactones) is 1. The third-order valence-electron chi connectivity index (χ3n) is 3.44. The SMILES string of the molecule is CC.CCOCCN(C=O)c1ccc(N2CC(CN)OC2=O)cc1. The third-order valence-corrected chi connectivity index (χ3v) is 3.44. The van der Waals surface area contributed by atoms with Gasteiger partial charge in [0, 0.05) is 31.1 Å². The minimum atomic E-state index is -0.396. The van der Waals surface area contributed by atoms with Gasteiger partial charge >= 0.3 is 6.09 Å². The highest BCUT2D eigenvalue weighted by molar-refractivity contribution is 5.90. The lowest BCUT2D eigenvalue weighted by Gasteiger charge is -2.19. The third kappa shape index (κ3) is 5.21. The molecule has 2 amide bonds. The zero-order valence-corrected chi connectivity index (χ0v) is 14.6. The zero-order valence-electron chi connectivity index (χ0n) is 14.6. The second-order valence-electron chi connectivity index (χ2n) is 4.86. The van der Waals surface area contributed by atoms with Crippen LogP contribution in [0.4, 0.5) is 16.2 Å². The van der Waals surface area contributed by atoms with E-state index in [1.807, 2.05) is 20.8 Å². The van der Waals surface area contributed by atoms with Crippen LogP contribution in [0.15, 0.2) is 24.3 Å². The molecule has 1 fully saturated rings. The van der Waals surface area contributed by atoms with Crippen molar-refractivity contribution in [2.75, 3.05) is 42.6 Å². The molecule has 1 aliphatic heterocycles. The van der Waals surface area contributed by atoms with E-state index in [1.165, 1.54) is 4.90 Å². The summed E-state index contributed by atoms with van der Waals surface area (Å²) in [5.41, 5.74) is 6.99. The van der Waals surface area contributed by atoms with Gasteiger partial charge in [0.2, 0.25) is 6.41 Å². The molecule has 1 aromatic carbocycles. The highest BCUT2D eigenvalue weighted by Crippen LogP contribution is 2.24. The van der Waals surface area contributed by atoms with Crippen molar-refractivity contribution in [1.82, 2.24) is 0 Å². The average Bonchev–Trinajstić information content (AvgIpc) is 3.02. The van der Waals surface area contributed by atoms with Crippen molar-refractivity contribution in [3.05, 3.63) is 24.3 Å². The van der Waals surface area contributed by atoms with Gasteiger partial charge in [0.25, 0.3) is 0 Å². The Morgan fingerprint density at radius 1 is 1.38 bits per heavy atom. The van der Waals surface area contributed by atoms with Gasteiger partial charge in [-0.2, -0.15) is 0 Å². The molecule has 24 heavy (non-hydrogen) atoms. The maximum atomic E-state index is 11.8. The molecule has 2 rings (SSSR count). The molecule has 1 heterocycles. The lowest BCUT2D eigenvalue weighted by molar-refractivity contribution is -0.107. The van der Waals surface area contributed by atoms with Crippen LogP contribution >= 0.6 is 0 Å². The summed E-state index contributed by atoms with van der Waals surface area (Å²) in [4.78, 5) is 26.0. The number of nitrogens with two attached hydrogens (primary N) is 1. The Balaban J connectivity index is 0.00000139. The van der Waals surface area contributed by atoms with E-state index < -0.39 is 6.09 Å². The lowest BCUT2D eigenvalue weighted by atomic mass is 10.2. The molecule has 1 atom stereocenters. The van der Waals surface area contributed by atoms with Gasteiger partial charge in [0.05, 0.1) is 13.2 Å². The maximum Gasteiger partial charge on any atom is 0.414 e. The van der Waals surface area contributed by atoms with E-state index in [0.717, 1.165) is 17.8 Å². The fraction of sp³-hybridized carbons (Fsp3) is 0.529. The van der Waals surface area contributed by atoms with Gasteiger partial charge in [-0.05, 0) is 31.2 Å². The molecule has 0 saturated carbocycles. The number of amides is 2.